The number of hydrogen-bond acceptors (Lipinski definition) is 0. The second-order valence-electron chi connectivity index (χ2n) is 3.31. The fraction of sp³-hybridized carbons (Fsp3) is 0. The minimum Gasteiger partial charge on any atom is -0.168 e. The van der Waals surface area contributed by atoms with E-state index in [1.54, 1.807) is 0 Å². The molecule has 16 heavy (non-hydrogen) atoms. The zero-order valence-electron chi connectivity index (χ0n) is 8.95. The average Bonchev–Trinajstić information content (AvgIpc) is 2.80. The zero-order valence-corrected chi connectivity index (χ0v) is 10.3. The second kappa shape index (κ2) is 7.00. The van der Waals surface area contributed by atoms with Crippen molar-refractivity contribution in [1.29, 1.82) is 0 Å². The van der Waals surface area contributed by atoms with Crippen LogP contribution in [-0.2, 0) is 18.6 Å². The summed E-state index contributed by atoms with van der Waals surface area (Å²) in [6.45, 7) is 0. The second-order valence-corrected chi connectivity index (χ2v) is 3.31. The molecule has 0 aromatic heterocycles. The molecule has 3 aromatic rings. The van der Waals surface area contributed by atoms with E-state index < -0.39 is 0 Å². The van der Waals surface area contributed by atoms with Gasteiger partial charge in [-0.2, -0.15) is 17.5 Å². The summed E-state index contributed by atoms with van der Waals surface area (Å²) in [4.78, 5) is 0. The predicted octanol–water partition coefficient (Wildman–Crippen LogP) is 4.24. The van der Waals surface area contributed by atoms with Gasteiger partial charge in [0.05, 0.1) is 0 Å². The molecule has 0 heterocycles. The molecular weight excluding hydrogens is 231 g/mol. The predicted molar refractivity (Wildman–Crippen MR) is 66.0 cm³/mol. The maximum absolute atomic E-state index is 2.12. The first-order chi connectivity index (χ1) is 7.47. The third-order valence-corrected chi connectivity index (χ3v) is 2.21. The maximum Gasteiger partial charge on any atom is 0 e. The Kier molecular flexibility index (Phi) is 5.56. The van der Waals surface area contributed by atoms with Gasteiger partial charge in [0.1, 0.15) is 0 Å². The Balaban J connectivity index is 0.000000162. The van der Waals surface area contributed by atoms with E-state index in [2.05, 4.69) is 42.5 Å². The molecule has 0 bridgehead atoms. The van der Waals surface area contributed by atoms with Crippen LogP contribution < -0.4 is 0 Å². The molecule has 79 valence electrons. The molecule has 0 amide bonds. The average molecular weight is 244 g/mol. The van der Waals surface area contributed by atoms with Crippen molar-refractivity contribution in [3.63, 3.8) is 0 Å². The molecule has 0 spiro atoms. The van der Waals surface area contributed by atoms with Crippen molar-refractivity contribution >= 4 is 10.8 Å². The Hall–Kier alpha value is -1.37. The van der Waals surface area contributed by atoms with E-state index in [1.165, 1.54) is 10.8 Å². The van der Waals surface area contributed by atoms with E-state index in [0.29, 0.717) is 0 Å². The smallest absolute Gasteiger partial charge is 0 e. The number of hydrogen-bond donors (Lipinski definition) is 0. The molecule has 3 aromatic carbocycles. The summed E-state index contributed by atoms with van der Waals surface area (Å²) < 4.78 is 0. The van der Waals surface area contributed by atoms with Gasteiger partial charge in [0.15, 0.2) is 0 Å². The van der Waals surface area contributed by atoms with Crippen molar-refractivity contribution in [3.05, 3.63) is 78.9 Å². The van der Waals surface area contributed by atoms with Crippen LogP contribution >= 0.6 is 0 Å². The molecule has 1 heteroatoms. The fourth-order valence-corrected chi connectivity index (χ4v) is 1.45. The van der Waals surface area contributed by atoms with Gasteiger partial charge in [0, 0.05) is 18.6 Å². The van der Waals surface area contributed by atoms with Crippen LogP contribution in [0.5, 0.6) is 0 Å². The molecule has 1 radical (unpaired) electrons. The summed E-state index contributed by atoms with van der Waals surface area (Å²) >= 11 is 0. The molecule has 0 aliphatic heterocycles. The topological polar surface area (TPSA) is 0 Å². The third-order valence-electron chi connectivity index (χ3n) is 2.21. The standard InChI is InChI=1S/C9H7.C6H6.V/c1-2-5-9-7-3-6-8(9)4-1;1-2-4-6-5-3-1;/h1-7H;1-6H;/q-1;;. The molecule has 0 aliphatic carbocycles. The van der Waals surface area contributed by atoms with Gasteiger partial charge in [-0.15, -0.1) is 29.7 Å². The van der Waals surface area contributed by atoms with Crippen molar-refractivity contribution in [3.8, 4) is 0 Å². The first-order valence-corrected chi connectivity index (χ1v) is 5.07. The molecule has 0 nitrogen and oxygen atoms in total. The molecule has 0 atom stereocenters. The van der Waals surface area contributed by atoms with Gasteiger partial charge in [-0.05, 0) is 0 Å². The van der Waals surface area contributed by atoms with Gasteiger partial charge in [0.25, 0.3) is 0 Å². The zero-order chi connectivity index (χ0) is 10.3. The minimum atomic E-state index is 0. The van der Waals surface area contributed by atoms with Crippen LogP contribution in [0.2, 0.25) is 0 Å². The maximum atomic E-state index is 2.12. The molecular formula is C15H13V-. The summed E-state index contributed by atoms with van der Waals surface area (Å²) in [5.74, 6) is 0. The molecule has 0 aliphatic rings. The minimum absolute atomic E-state index is 0. The first-order valence-electron chi connectivity index (χ1n) is 5.07. The van der Waals surface area contributed by atoms with E-state index in [0.717, 1.165) is 0 Å². The summed E-state index contributed by atoms with van der Waals surface area (Å²) in [5, 5.41) is 2.66. The van der Waals surface area contributed by atoms with Crippen LogP contribution in [0, 0.1) is 0 Å². The molecule has 0 unspecified atom stereocenters. The van der Waals surface area contributed by atoms with Crippen LogP contribution in [0.15, 0.2) is 78.9 Å². The SMILES string of the molecule is [V].c1ccc2[cH-]ccc2c1.c1ccccc1. The van der Waals surface area contributed by atoms with Gasteiger partial charge >= 0.3 is 0 Å². The van der Waals surface area contributed by atoms with Crippen LogP contribution in [0.25, 0.3) is 10.8 Å². The molecule has 0 saturated heterocycles. The largest absolute Gasteiger partial charge is 0.168 e. The van der Waals surface area contributed by atoms with E-state index in [4.69, 9.17) is 0 Å². The van der Waals surface area contributed by atoms with Crippen molar-refractivity contribution < 1.29 is 18.6 Å². The van der Waals surface area contributed by atoms with E-state index in [9.17, 15) is 0 Å². The van der Waals surface area contributed by atoms with Crippen LogP contribution in [0.3, 0.4) is 0 Å². The quantitative estimate of drug-likeness (QED) is 0.519. The third kappa shape index (κ3) is 3.65. The summed E-state index contributed by atoms with van der Waals surface area (Å²) in [7, 11) is 0. The first kappa shape index (κ1) is 12.7. The van der Waals surface area contributed by atoms with Crippen LogP contribution in [-0.4, -0.2) is 0 Å². The summed E-state index contributed by atoms with van der Waals surface area (Å²) in [5.41, 5.74) is 0. The summed E-state index contributed by atoms with van der Waals surface area (Å²) in [6, 6.07) is 26.7. The van der Waals surface area contributed by atoms with E-state index >= 15 is 0 Å². The van der Waals surface area contributed by atoms with Crippen molar-refractivity contribution in [2.45, 2.75) is 0 Å². The molecule has 0 fully saturated rings. The van der Waals surface area contributed by atoms with Crippen LogP contribution in [0.1, 0.15) is 0 Å². The van der Waals surface area contributed by atoms with Gasteiger partial charge < -0.3 is 0 Å². The summed E-state index contributed by atoms with van der Waals surface area (Å²) in [6.07, 6.45) is 0. The monoisotopic (exact) mass is 244 g/mol. The Morgan fingerprint density at radius 1 is 0.625 bits per heavy atom. The van der Waals surface area contributed by atoms with Gasteiger partial charge in [-0.1, -0.05) is 42.5 Å². The Morgan fingerprint density at radius 3 is 1.75 bits per heavy atom. The van der Waals surface area contributed by atoms with Gasteiger partial charge in [-0.3, -0.25) is 0 Å². The Labute approximate surface area is 108 Å². The van der Waals surface area contributed by atoms with E-state index in [-0.39, 0.29) is 18.6 Å². The fourth-order valence-electron chi connectivity index (χ4n) is 1.45. The Morgan fingerprint density at radius 2 is 1.19 bits per heavy atom. The number of fused-ring (bicyclic) bond motifs is 1. The van der Waals surface area contributed by atoms with Gasteiger partial charge in [0.2, 0.25) is 0 Å². The van der Waals surface area contributed by atoms with Gasteiger partial charge in [-0.25, -0.2) is 0 Å². The van der Waals surface area contributed by atoms with Crippen molar-refractivity contribution in [1.82, 2.24) is 0 Å². The van der Waals surface area contributed by atoms with Crippen molar-refractivity contribution in [2.75, 3.05) is 0 Å². The molecule has 0 N–H and O–H groups in total. The van der Waals surface area contributed by atoms with Crippen molar-refractivity contribution in [2.24, 2.45) is 0 Å². The molecule has 0 saturated carbocycles. The normalized spacial score (nSPS) is 8.75. The van der Waals surface area contributed by atoms with Crippen LogP contribution in [0.4, 0.5) is 0 Å². The Bertz CT molecular complexity index is 440. The molecule has 3 rings (SSSR count). The van der Waals surface area contributed by atoms with E-state index in [1.807, 2.05) is 36.4 Å². The number of rotatable bonds is 0. The number of benzene rings is 2.